The number of carbonyl (C=O) groups is 1. The van der Waals surface area contributed by atoms with Gasteiger partial charge in [0.2, 0.25) is 0 Å². The maximum atomic E-state index is 11.4. The van der Waals surface area contributed by atoms with Gasteiger partial charge in [-0.05, 0) is 104 Å². The van der Waals surface area contributed by atoms with E-state index in [0.29, 0.717) is 17.3 Å². The maximum Gasteiger partial charge on any atom is 0.302 e. The second-order valence-electron chi connectivity index (χ2n) is 10.7. The van der Waals surface area contributed by atoms with E-state index < -0.39 is 6.10 Å². The molecule has 0 heterocycles. The van der Waals surface area contributed by atoms with Gasteiger partial charge in [0, 0.05) is 6.92 Å². The highest BCUT2D eigenvalue weighted by Crippen LogP contribution is 2.67. The average Bonchev–Trinajstić information content (AvgIpc) is 2.98. The van der Waals surface area contributed by atoms with Crippen molar-refractivity contribution in [2.24, 2.45) is 34.5 Å². The standard InChI is InChI=1S/C25H38O3/c1-15(16(2)26)21-8-9-22-20-7-6-18-14-19(28-17(3)27)10-12-24(18,4)23(20)11-13-25(21,22)5/h8,16,18-20,22-23,26H,1,6-7,9-14H2,2-5H3/t16?,18-,19?,20?,22?,23?,24?,25?/m0/s1. The molecule has 0 radical (unpaired) electrons. The minimum absolute atomic E-state index is 0.126. The summed E-state index contributed by atoms with van der Waals surface area (Å²) in [7, 11) is 0. The van der Waals surface area contributed by atoms with Crippen molar-refractivity contribution in [3.63, 3.8) is 0 Å². The first-order chi connectivity index (χ1) is 13.2. The number of hydrogen-bond donors (Lipinski definition) is 1. The van der Waals surface area contributed by atoms with E-state index in [9.17, 15) is 9.90 Å². The van der Waals surface area contributed by atoms with Crippen LogP contribution in [0.2, 0.25) is 0 Å². The van der Waals surface area contributed by atoms with Gasteiger partial charge in [0.25, 0.3) is 0 Å². The molecule has 4 aliphatic carbocycles. The highest BCUT2D eigenvalue weighted by atomic mass is 16.5. The molecule has 0 aliphatic heterocycles. The lowest BCUT2D eigenvalue weighted by molar-refractivity contribution is -0.158. The SMILES string of the molecule is C=C(C1=CCC2C3CC[C@H]4CC(OC(C)=O)CCC4(C)C3CCC12C)C(C)O. The second kappa shape index (κ2) is 7.00. The molecule has 3 heteroatoms. The molecule has 156 valence electrons. The van der Waals surface area contributed by atoms with E-state index in [0.717, 1.165) is 36.7 Å². The molecule has 0 aromatic carbocycles. The van der Waals surface area contributed by atoms with Gasteiger partial charge in [-0.25, -0.2) is 0 Å². The maximum absolute atomic E-state index is 11.4. The third-order valence-corrected chi connectivity index (χ3v) is 9.38. The van der Waals surface area contributed by atoms with E-state index in [2.05, 4.69) is 26.5 Å². The largest absolute Gasteiger partial charge is 0.463 e. The number of rotatable bonds is 3. The van der Waals surface area contributed by atoms with Gasteiger partial charge in [0.15, 0.2) is 0 Å². The van der Waals surface area contributed by atoms with Crippen LogP contribution in [0.1, 0.15) is 79.1 Å². The first-order valence-corrected chi connectivity index (χ1v) is 11.4. The molecule has 1 N–H and O–H groups in total. The van der Waals surface area contributed by atoms with Crippen molar-refractivity contribution >= 4 is 5.97 Å². The van der Waals surface area contributed by atoms with Crippen molar-refractivity contribution in [2.45, 2.75) is 91.3 Å². The Hall–Kier alpha value is -1.09. The minimum atomic E-state index is -0.454. The number of aliphatic hydroxyl groups is 1. The topological polar surface area (TPSA) is 46.5 Å². The molecule has 28 heavy (non-hydrogen) atoms. The fourth-order valence-corrected chi connectivity index (χ4v) is 7.85. The molecule has 0 spiro atoms. The van der Waals surface area contributed by atoms with Crippen molar-refractivity contribution in [3.8, 4) is 0 Å². The molecule has 4 aliphatic rings. The van der Waals surface area contributed by atoms with Gasteiger partial charge in [0.05, 0.1) is 6.10 Å². The van der Waals surface area contributed by atoms with Crippen LogP contribution in [0.25, 0.3) is 0 Å². The Morgan fingerprint density at radius 1 is 1.21 bits per heavy atom. The van der Waals surface area contributed by atoms with Gasteiger partial charge in [-0.1, -0.05) is 26.5 Å². The van der Waals surface area contributed by atoms with Crippen LogP contribution < -0.4 is 0 Å². The number of esters is 1. The summed E-state index contributed by atoms with van der Waals surface area (Å²) in [6.07, 6.45) is 11.6. The van der Waals surface area contributed by atoms with E-state index in [1.165, 1.54) is 37.7 Å². The van der Waals surface area contributed by atoms with Crippen LogP contribution in [0.3, 0.4) is 0 Å². The number of aliphatic hydroxyl groups excluding tert-OH is 1. The van der Waals surface area contributed by atoms with Crippen molar-refractivity contribution in [1.82, 2.24) is 0 Å². The van der Waals surface area contributed by atoms with E-state index >= 15 is 0 Å². The van der Waals surface area contributed by atoms with E-state index in [1.54, 1.807) is 6.92 Å². The molecule has 4 rings (SSSR count). The number of fused-ring (bicyclic) bond motifs is 5. The van der Waals surface area contributed by atoms with Gasteiger partial charge in [-0.2, -0.15) is 0 Å². The normalized spacial score (nSPS) is 45.9. The van der Waals surface area contributed by atoms with E-state index in [1.807, 2.05) is 6.92 Å². The van der Waals surface area contributed by atoms with Crippen LogP contribution in [0.4, 0.5) is 0 Å². The minimum Gasteiger partial charge on any atom is -0.463 e. The molecule has 0 aromatic rings. The van der Waals surface area contributed by atoms with Gasteiger partial charge in [-0.15, -0.1) is 0 Å². The summed E-state index contributed by atoms with van der Waals surface area (Å²) in [4.78, 5) is 11.4. The Balaban J connectivity index is 1.53. The first kappa shape index (κ1) is 20.2. The summed E-state index contributed by atoms with van der Waals surface area (Å²) in [6, 6.07) is 0. The summed E-state index contributed by atoms with van der Waals surface area (Å²) in [5, 5.41) is 10.1. The summed E-state index contributed by atoms with van der Waals surface area (Å²) in [6.45, 7) is 12.6. The third kappa shape index (κ3) is 3.00. The van der Waals surface area contributed by atoms with E-state index in [-0.39, 0.29) is 17.5 Å². The van der Waals surface area contributed by atoms with Gasteiger partial charge >= 0.3 is 5.97 Å². The summed E-state index contributed by atoms with van der Waals surface area (Å²) in [5.41, 5.74) is 2.86. The molecule has 0 amide bonds. The number of carbonyl (C=O) groups excluding carboxylic acids is 1. The molecule has 7 unspecified atom stereocenters. The van der Waals surface area contributed by atoms with Crippen LogP contribution in [0.5, 0.6) is 0 Å². The molecule has 3 saturated carbocycles. The lowest BCUT2D eigenvalue weighted by Gasteiger charge is -2.61. The molecule has 8 atom stereocenters. The molecule has 0 saturated heterocycles. The molecular weight excluding hydrogens is 348 g/mol. The fraction of sp³-hybridized carbons (Fsp3) is 0.800. The average molecular weight is 387 g/mol. The van der Waals surface area contributed by atoms with Crippen LogP contribution in [-0.2, 0) is 9.53 Å². The number of allylic oxidation sites excluding steroid dienone is 1. The summed E-state index contributed by atoms with van der Waals surface area (Å²) in [5.74, 6) is 2.83. The zero-order valence-electron chi connectivity index (χ0n) is 18.2. The van der Waals surface area contributed by atoms with Crippen molar-refractivity contribution in [1.29, 1.82) is 0 Å². The summed E-state index contributed by atoms with van der Waals surface area (Å²) >= 11 is 0. The molecule has 3 fully saturated rings. The van der Waals surface area contributed by atoms with Gasteiger partial charge < -0.3 is 9.84 Å². The Morgan fingerprint density at radius 3 is 2.64 bits per heavy atom. The van der Waals surface area contributed by atoms with Crippen LogP contribution in [-0.4, -0.2) is 23.3 Å². The third-order valence-electron chi connectivity index (χ3n) is 9.38. The Labute approximate surface area is 170 Å². The van der Waals surface area contributed by atoms with E-state index in [4.69, 9.17) is 4.74 Å². The number of ether oxygens (including phenoxy) is 1. The monoisotopic (exact) mass is 386 g/mol. The molecule has 0 bridgehead atoms. The summed E-state index contributed by atoms with van der Waals surface area (Å²) < 4.78 is 5.59. The van der Waals surface area contributed by atoms with Crippen LogP contribution in [0, 0.1) is 34.5 Å². The Morgan fingerprint density at radius 2 is 1.96 bits per heavy atom. The Bertz CT molecular complexity index is 692. The van der Waals surface area contributed by atoms with Crippen LogP contribution >= 0.6 is 0 Å². The Kier molecular flexibility index (Phi) is 5.05. The predicted molar refractivity (Wildman–Crippen MR) is 112 cm³/mol. The quantitative estimate of drug-likeness (QED) is 0.658. The van der Waals surface area contributed by atoms with Crippen molar-refractivity contribution < 1.29 is 14.6 Å². The first-order valence-electron chi connectivity index (χ1n) is 11.4. The van der Waals surface area contributed by atoms with Crippen molar-refractivity contribution in [3.05, 3.63) is 23.8 Å². The molecule has 3 nitrogen and oxygen atoms in total. The highest BCUT2D eigenvalue weighted by Gasteiger charge is 2.59. The highest BCUT2D eigenvalue weighted by molar-refractivity contribution is 5.66. The molecular formula is C25H38O3. The van der Waals surface area contributed by atoms with Crippen LogP contribution in [0.15, 0.2) is 23.8 Å². The van der Waals surface area contributed by atoms with Gasteiger partial charge in [-0.3, -0.25) is 4.79 Å². The lowest BCUT2D eigenvalue weighted by Crippen LogP contribution is -2.54. The van der Waals surface area contributed by atoms with Gasteiger partial charge in [0.1, 0.15) is 6.10 Å². The smallest absolute Gasteiger partial charge is 0.302 e. The van der Waals surface area contributed by atoms with Crippen molar-refractivity contribution in [2.75, 3.05) is 0 Å². The zero-order valence-corrected chi connectivity index (χ0v) is 18.2. The molecule has 0 aromatic heterocycles. The number of hydrogen-bond acceptors (Lipinski definition) is 3. The zero-order chi connectivity index (χ0) is 20.3. The predicted octanol–water partition coefficient (Wildman–Crippen LogP) is 5.43. The fourth-order valence-electron chi connectivity index (χ4n) is 7.85. The second-order valence-corrected chi connectivity index (χ2v) is 10.7. The lowest BCUT2D eigenvalue weighted by atomic mass is 9.44.